The maximum Gasteiger partial charge on any atom is 0.274 e. The number of carbonyl (C=O) groups excluding carboxylic acids is 1. The molecule has 2 aromatic carbocycles. The molecule has 25 heavy (non-hydrogen) atoms. The molecular formula is C18H14Cl2N4O. The minimum absolute atomic E-state index is 0.247. The molecule has 0 saturated heterocycles. The number of nitrogens with zero attached hydrogens (tertiary/aromatic N) is 2. The Morgan fingerprint density at radius 2 is 1.76 bits per heavy atom. The van der Waals surface area contributed by atoms with Gasteiger partial charge in [0.05, 0.1) is 10.7 Å². The molecule has 1 heterocycles. The van der Waals surface area contributed by atoms with Crippen molar-refractivity contribution in [2.75, 3.05) is 10.6 Å². The Morgan fingerprint density at radius 3 is 2.52 bits per heavy atom. The summed E-state index contributed by atoms with van der Waals surface area (Å²) in [6.45, 7) is 1.78. The Morgan fingerprint density at radius 1 is 1.00 bits per heavy atom. The van der Waals surface area contributed by atoms with Crippen LogP contribution in [-0.4, -0.2) is 15.9 Å². The molecule has 0 aliphatic carbocycles. The van der Waals surface area contributed by atoms with Crippen LogP contribution in [0.15, 0.2) is 54.6 Å². The molecule has 126 valence electrons. The van der Waals surface area contributed by atoms with Crippen LogP contribution in [0.25, 0.3) is 0 Å². The molecule has 3 aromatic rings. The van der Waals surface area contributed by atoms with Gasteiger partial charge in [-0.15, -0.1) is 0 Å². The fraction of sp³-hybridized carbons (Fsp3) is 0.0556. The Kier molecular flexibility index (Phi) is 5.16. The van der Waals surface area contributed by atoms with Gasteiger partial charge in [0.1, 0.15) is 5.69 Å². The first kappa shape index (κ1) is 17.2. The van der Waals surface area contributed by atoms with Gasteiger partial charge in [-0.1, -0.05) is 41.4 Å². The number of hydrogen-bond acceptors (Lipinski definition) is 4. The zero-order chi connectivity index (χ0) is 17.8. The van der Waals surface area contributed by atoms with Crippen LogP contribution in [0.4, 0.5) is 17.3 Å². The van der Waals surface area contributed by atoms with E-state index < -0.39 is 0 Å². The smallest absolute Gasteiger partial charge is 0.274 e. The summed E-state index contributed by atoms with van der Waals surface area (Å²) in [4.78, 5) is 21.0. The van der Waals surface area contributed by atoms with E-state index in [-0.39, 0.29) is 17.5 Å². The van der Waals surface area contributed by atoms with Gasteiger partial charge in [-0.25, -0.2) is 9.97 Å². The second-order valence-corrected chi connectivity index (χ2v) is 6.13. The number of hydrogen-bond donors (Lipinski definition) is 2. The second-order valence-electron chi connectivity index (χ2n) is 5.29. The molecule has 0 radical (unpaired) electrons. The molecule has 0 aliphatic rings. The van der Waals surface area contributed by atoms with E-state index in [1.807, 2.05) is 18.2 Å². The van der Waals surface area contributed by atoms with E-state index in [0.29, 0.717) is 27.1 Å². The monoisotopic (exact) mass is 372 g/mol. The summed E-state index contributed by atoms with van der Waals surface area (Å²) in [6.07, 6.45) is 0. The van der Waals surface area contributed by atoms with Crippen LogP contribution in [-0.2, 0) is 0 Å². The van der Waals surface area contributed by atoms with Crippen LogP contribution >= 0.6 is 23.2 Å². The topological polar surface area (TPSA) is 66.9 Å². The van der Waals surface area contributed by atoms with E-state index in [9.17, 15) is 4.79 Å². The Hall–Kier alpha value is -2.63. The number of aryl methyl sites for hydroxylation is 1. The molecule has 0 bridgehead atoms. The van der Waals surface area contributed by atoms with E-state index in [0.717, 1.165) is 0 Å². The third kappa shape index (κ3) is 4.47. The summed E-state index contributed by atoms with van der Waals surface area (Å²) < 4.78 is 0. The molecule has 0 spiro atoms. The Labute approximate surface area is 155 Å². The van der Waals surface area contributed by atoms with E-state index >= 15 is 0 Å². The van der Waals surface area contributed by atoms with Gasteiger partial charge < -0.3 is 10.6 Å². The maximum absolute atomic E-state index is 12.4. The van der Waals surface area contributed by atoms with Gasteiger partial charge in [-0.2, -0.15) is 0 Å². The van der Waals surface area contributed by atoms with Gasteiger partial charge >= 0.3 is 0 Å². The number of amides is 1. The van der Waals surface area contributed by atoms with Gasteiger partial charge in [-0.05, 0) is 43.3 Å². The zero-order valence-corrected chi connectivity index (χ0v) is 14.8. The third-order valence-corrected chi connectivity index (χ3v) is 3.86. The van der Waals surface area contributed by atoms with Gasteiger partial charge in [0.15, 0.2) is 0 Å². The molecular weight excluding hydrogens is 359 g/mol. The number of nitrogens with one attached hydrogen (secondary N) is 2. The van der Waals surface area contributed by atoms with Crippen molar-refractivity contribution in [2.45, 2.75) is 6.92 Å². The molecule has 0 fully saturated rings. The number of benzene rings is 2. The molecule has 2 N–H and O–H groups in total. The fourth-order valence-electron chi connectivity index (χ4n) is 2.17. The summed E-state index contributed by atoms with van der Waals surface area (Å²) >= 11 is 12.1. The number of anilines is 3. The number of para-hydroxylation sites is 1. The molecule has 7 heteroatoms. The minimum atomic E-state index is -0.322. The van der Waals surface area contributed by atoms with E-state index in [2.05, 4.69) is 20.6 Å². The highest BCUT2D eigenvalue weighted by atomic mass is 35.5. The Balaban J connectivity index is 1.85. The van der Waals surface area contributed by atoms with Crippen LogP contribution in [0.3, 0.4) is 0 Å². The van der Waals surface area contributed by atoms with Crippen molar-refractivity contribution in [2.24, 2.45) is 0 Å². The molecule has 3 rings (SSSR count). The predicted octanol–water partition coefficient (Wildman–Crippen LogP) is 5.09. The maximum atomic E-state index is 12.4. The van der Waals surface area contributed by atoms with Crippen LogP contribution in [0, 0.1) is 6.92 Å². The predicted molar refractivity (Wildman–Crippen MR) is 101 cm³/mol. The highest BCUT2D eigenvalue weighted by Crippen LogP contribution is 2.27. The molecule has 1 amide bonds. The summed E-state index contributed by atoms with van der Waals surface area (Å²) in [5.74, 6) is -0.0562. The van der Waals surface area contributed by atoms with E-state index in [1.54, 1.807) is 43.3 Å². The average Bonchev–Trinajstić information content (AvgIpc) is 2.58. The van der Waals surface area contributed by atoms with Crippen LogP contribution in [0.5, 0.6) is 0 Å². The van der Waals surface area contributed by atoms with Crippen molar-refractivity contribution in [3.8, 4) is 0 Å². The van der Waals surface area contributed by atoms with Crippen molar-refractivity contribution in [3.63, 3.8) is 0 Å². The molecule has 0 atom stereocenters. The summed E-state index contributed by atoms with van der Waals surface area (Å²) in [5.41, 5.74) is 2.15. The lowest BCUT2D eigenvalue weighted by Crippen LogP contribution is -2.15. The van der Waals surface area contributed by atoms with Gasteiger partial charge in [0.2, 0.25) is 5.95 Å². The average molecular weight is 373 g/mol. The summed E-state index contributed by atoms with van der Waals surface area (Å²) in [5, 5.41) is 6.79. The molecule has 0 aliphatic heterocycles. The lowest BCUT2D eigenvalue weighted by molar-refractivity contribution is 0.102. The number of rotatable bonds is 4. The molecule has 5 nitrogen and oxygen atoms in total. The van der Waals surface area contributed by atoms with Gasteiger partial charge in [-0.3, -0.25) is 4.79 Å². The third-order valence-electron chi connectivity index (χ3n) is 3.29. The lowest BCUT2D eigenvalue weighted by Gasteiger charge is -2.10. The summed E-state index contributed by atoms with van der Waals surface area (Å²) in [6, 6.07) is 15.8. The SMILES string of the molecule is Cc1cc(C(=O)Nc2ccccc2)nc(Nc2cc(Cl)ccc2Cl)n1. The highest BCUT2D eigenvalue weighted by molar-refractivity contribution is 6.35. The number of aromatic nitrogens is 2. The summed E-state index contributed by atoms with van der Waals surface area (Å²) in [7, 11) is 0. The Bertz CT molecular complexity index is 916. The highest BCUT2D eigenvalue weighted by Gasteiger charge is 2.12. The largest absolute Gasteiger partial charge is 0.323 e. The fourth-order valence-corrected chi connectivity index (χ4v) is 2.51. The first-order valence-corrected chi connectivity index (χ1v) is 8.21. The van der Waals surface area contributed by atoms with Crippen molar-refractivity contribution < 1.29 is 4.79 Å². The molecule has 0 unspecified atom stereocenters. The van der Waals surface area contributed by atoms with Crippen LogP contribution < -0.4 is 10.6 Å². The second kappa shape index (κ2) is 7.51. The van der Waals surface area contributed by atoms with Crippen molar-refractivity contribution in [1.29, 1.82) is 0 Å². The quantitative estimate of drug-likeness (QED) is 0.669. The van der Waals surface area contributed by atoms with Crippen molar-refractivity contribution in [3.05, 3.63) is 76.0 Å². The number of halogens is 2. The molecule has 0 saturated carbocycles. The molecule has 1 aromatic heterocycles. The van der Waals surface area contributed by atoms with Crippen molar-refractivity contribution in [1.82, 2.24) is 9.97 Å². The first-order valence-electron chi connectivity index (χ1n) is 7.45. The van der Waals surface area contributed by atoms with Crippen molar-refractivity contribution >= 4 is 46.4 Å². The normalized spacial score (nSPS) is 10.4. The zero-order valence-electron chi connectivity index (χ0n) is 13.3. The van der Waals surface area contributed by atoms with Gasteiger partial charge in [0, 0.05) is 16.4 Å². The standard InChI is InChI=1S/C18H14Cl2N4O/c1-11-9-16(17(25)22-13-5-3-2-4-6-13)24-18(21-11)23-15-10-12(19)7-8-14(15)20/h2-10H,1H3,(H,22,25)(H,21,23,24). The van der Waals surface area contributed by atoms with Crippen LogP contribution in [0.2, 0.25) is 10.0 Å². The van der Waals surface area contributed by atoms with Crippen LogP contribution in [0.1, 0.15) is 16.2 Å². The number of carbonyl (C=O) groups is 1. The minimum Gasteiger partial charge on any atom is -0.323 e. The van der Waals surface area contributed by atoms with E-state index in [4.69, 9.17) is 23.2 Å². The van der Waals surface area contributed by atoms with Gasteiger partial charge in [0.25, 0.3) is 5.91 Å². The van der Waals surface area contributed by atoms with E-state index in [1.165, 1.54) is 0 Å². The lowest BCUT2D eigenvalue weighted by atomic mass is 10.3. The first-order chi connectivity index (χ1) is 12.0.